The first-order valence-corrected chi connectivity index (χ1v) is 11.6. The zero-order valence-corrected chi connectivity index (χ0v) is 22.6. The highest BCUT2D eigenvalue weighted by molar-refractivity contribution is 5.86. The minimum absolute atomic E-state index is 0. The third-order valence-electron chi connectivity index (χ3n) is 6.52. The van der Waals surface area contributed by atoms with Gasteiger partial charge in [-0.1, -0.05) is 0 Å². The quantitative estimate of drug-likeness (QED) is 0.441. The van der Waals surface area contributed by atoms with Crippen molar-refractivity contribution in [1.29, 1.82) is 0 Å². The van der Waals surface area contributed by atoms with Crippen LogP contribution < -0.4 is 26.1 Å². The highest BCUT2D eigenvalue weighted by Gasteiger charge is 2.26. The molecule has 1 fully saturated rings. The van der Waals surface area contributed by atoms with E-state index in [-0.39, 0.29) is 60.6 Å². The number of fused-ring (bicyclic) bond motifs is 2. The molecule has 37 heavy (non-hydrogen) atoms. The molecule has 1 saturated heterocycles. The summed E-state index contributed by atoms with van der Waals surface area (Å²) in [6, 6.07) is 6.34. The van der Waals surface area contributed by atoms with Crippen molar-refractivity contribution in [2.24, 2.45) is 11.7 Å². The van der Waals surface area contributed by atoms with Crippen molar-refractivity contribution < 1.29 is 13.9 Å². The summed E-state index contributed by atoms with van der Waals surface area (Å²) in [6.07, 6.45) is 3.89. The Morgan fingerprint density at radius 3 is 2.65 bits per heavy atom. The second-order valence-corrected chi connectivity index (χ2v) is 8.84. The molecule has 2 unspecified atom stereocenters. The van der Waals surface area contributed by atoms with E-state index in [4.69, 9.17) is 15.2 Å². The van der Waals surface area contributed by atoms with Crippen LogP contribution in [-0.2, 0) is 13.1 Å². The minimum atomic E-state index is -0.378. The summed E-state index contributed by atoms with van der Waals surface area (Å²) in [4.78, 5) is 23.3. The first-order valence-electron chi connectivity index (χ1n) is 11.6. The van der Waals surface area contributed by atoms with Gasteiger partial charge in [-0.2, -0.15) is 0 Å². The summed E-state index contributed by atoms with van der Waals surface area (Å²) >= 11 is 0. The molecule has 0 amide bonds. The van der Waals surface area contributed by atoms with Crippen LogP contribution in [0, 0.1) is 11.7 Å². The number of hydrogen-bond acceptors (Lipinski definition) is 8. The highest BCUT2D eigenvalue weighted by atomic mass is 35.5. The van der Waals surface area contributed by atoms with Crippen LogP contribution in [-0.4, -0.2) is 64.9 Å². The van der Waals surface area contributed by atoms with Crippen LogP contribution in [0.5, 0.6) is 11.5 Å². The number of piperidine rings is 1. The molecule has 2 aliphatic heterocycles. The molecule has 0 aliphatic carbocycles. The van der Waals surface area contributed by atoms with Crippen LogP contribution in [0.3, 0.4) is 0 Å². The molecule has 3 N–H and O–H groups in total. The fourth-order valence-electron chi connectivity index (χ4n) is 4.62. The Morgan fingerprint density at radius 2 is 1.84 bits per heavy atom. The predicted octanol–water partition coefficient (Wildman–Crippen LogP) is 2.41. The third kappa shape index (κ3) is 7.43. The van der Waals surface area contributed by atoms with Crippen LogP contribution >= 0.6 is 37.2 Å². The maximum absolute atomic E-state index is 13.8. The first kappa shape index (κ1) is 31.0. The molecule has 0 bridgehead atoms. The summed E-state index contributed by atoms with van der Waals surface area (Å²) in [5.41, 5.74) is 8.20. The number of rotatable bonds is 7. The number of aromatic nitrogens is 3. The summed E-state index contributed by atoms with van der Waals surface area (Å²) < 4.78 is 26.5. The number of pyridine rings is 1. The number of ether oxygens (including phenoxy) is 2. The average Bonchev–Trinajstić information content (AvgIpc) is 2.85. The summed E-state index contributed by atoms with van der Waals surface area (Å²) in [7, 11) is 0. The maximum Gasteiger partial charge on any atom is 0.269 e. The lowest BCUT2D eigenvalue weighted by molar-refractivity contribution is 0.148. The van der Waals surface area contributed by atoms with Gasteiger partial charge in [-0.15, -0.1) is 37.2 Å². The lowest BCUT2D eigenvalue weighted by Gasteiger charge is -2.37. The second kappa shape index (κ2) is 14.1. The van der Waals surface area contributed by atoms with E-state index in [1.165, 1.54) is 18.3 Å². The molecule has 2 aromatic heterocycles. The van der Waals surface area contributed by atoms with Crippen molar-refractivity contribution in [2.75, 3.05) is 39.4 Å². The molecule has 2 atom stereocenters. The Morgan fingerprint density at radius 1 is 1.05 bits per heavy atom. The van der Waals surface area contributed by atoms with Crippen molar-refractivity contribution in [1.82, 2.24) is 24.8 Å². The largest absolute Gasteiger partial charge is 0.486 e. The van der Waals surface area contributed by atoms with Gasteiger partial charge in [0.05, 0.1) is 29.1 Å². The fraction of sp³-hybridized carbons (Fsp3) is 0.458. The van der Waals surface area contributed by atoms with Gasteiger partial charge in [-0.05, 0) is 37.1 Å². The van der Waals surface area contributed by atoms with E-state index >= 15 is 0 Å². The molecule has 0 spiro atoms. The van der Waals surface area contributed by atoms with Gasteiger partial charge in [0.2, 0.25) is 0 Å². The molecular formula is C24H32Cl3FN6O3. The fourth-order valence-corrected chi connectivity index (χ4v) is 4.62. The van der Waals surface area contributed by atoms with Crippen molar-refractivity contribution >= 4 is 48.3 Å². The van der Waals surface area contributed by atoms with Gasteiger partial charge in [0.25, 0.3) is 5.56 Å². The Balaban J connectivity index is 0.00000160. The summed E-state index contributed by atoms with van der Waals surface area (Å²) in [5, 5.41) is 3.47. The number of hydrogen-bond donors (Lipinski definition) is 2. The van der Waals surface area contributed by atoms with Gasteiger partial charge in [0.15, 0.2) is 11.5 Å². The van der Waals surface area contributed by atoms with E-state index in [1.807, 2.05) is 6.07 Å². The standard InChI is InChI=1S/C24H29FN6O3.3ClH/c25-17-1-2-20-21(9-17)31(24(32)14-29-20)6-5-30-4-3-19(26)16(15-30)11-27-12-18-10-22-23(13-28-18)34-8-7-33-22;;;/h1-2,9-10,13-14,16,19,27H,3-8,11-12,15,26H2;3*1H. The van der Waals surface area contributed by atoms with E-state index in [0.29, 0.717) is 49.6 Å². The van der Waals surface area contributed by atoms with E-state index < -0.39 is 0 Å². The number of likely N-dealkylation sites (tertiary alicyclic amines) is 1. The Hall–Kier alpha value is -2.21. The zero-order chi connectivity index (χ0) is 23.5. The van der Waals surface area contributed by atoms with Gasteiger partial charge in [0.1, 0.15) is 19.0 Å². The molecular weight excluding hydrogens is 546 g/mol. The Kier molecular flexibility index (Phi) is 11.8. The Labute approximate surface area is 233 Å². The molecule has 1 aromatic carbocycles. The van der Waals surface area contributed by atoms with Crippen LogP contribution in [0.1, 0.15) is 12.1 Å². The first-order chi connectivity index (χ1) is 16.6. The lowest BCUT2D eigenvalue weighted by Crippen LogP contribution is -2.51. The molecule has 13 heteroatoms. The van der Waals surface area contributed by atoms with Crippen molar-refractivity contribution in [3.05, 3.63) is 58.5 Å². The second-order valence-electron chi connectivity index (χ2n) is 8.84. The van der Waals surface area contributed by atoms with Gasteiger partial charge in [-0.3, -0.25) is 9.78 Å². The topological polar surface area (TPSA) is 108 Å². The maximum atomic E-state index is 13.8. The van der Waals surface area contributed by atoms with Gasteiger partial charge in [-0.25, -0.2) is 9.37 Å². The number of nitrogens with two attached hydrogens (primary N) is 1. The number of benzene rings is 1. The predicted molar refractivity (Wildman–Crippen MR) is 147 cm³/mol. The van der Waals surface area contributed by atoms with E-state index in [0.717, 1.165) is 37.5 Å². The van der Waals surface area contributed by atoms with E-state index in [1.54, 1.807) is 16.8 Å². The zero-order valence-electron chi connectivity index (χ0n) is 20.2. The average molecular weight is 578 g/mol. The molecule has 0 radical (unpaired) electrons. The van der Waals surface area contributed by atoms with Gasteiger partial charge < -0.3 is 30.0 Å². The molecule has 4 heterocycles. The van der Waals surface area contributed by atoms with Crippen LogP contribution in [0.25, 0.3) is 11.0 Å². The van der Waals surface area contributed by atoms with Gasteiger partial charge >= 0.3 is 0 Å². The number of nitrogens with one attached hydrogen (secondary N) is 1. The van der Waals surface area contributed by atoms with Gasteiger partial charge in [0, 0.05) is 44.8 Å². The van der Waals surface area contributed by atoms with E-state index in [2.05, 4.69) is 20.2 Å². The van der Waals surface area contributed by atoms with Crippen LogP contribution in [0.4, 0.5) is 4.39 Å². The summed E-state index contributed by atoms with van der Waals surface area (Å²) in [6.45, 7) is 5.32. The van der Waals surface area contributed by atoms with Crippen LogP contribution in [0.15, 0.2) is 41.5 Å². The molecule has 5 rings (SSSR count). The molecule has 9 nitrogen and oxygen atoms in total. The summed E-state index contributed by atoms with van der Waals surface area (Å²) in [5.74, 6) is 1.31. The normalized spacial score (nSPS) is 18.9. The number of nitrogens with zero attached hydrogens (tertiary/aromatic N) is 4. The molecule has 2 aliphatic rings. The molecule has 0 saturated carbocycles. The van der Waals surface area contributed by atoms with Crippen molar-refractivity contribution in [3.8, 4) is 11.5 Å². The lowest BCUT2D eigenvalue weighted by atomic mass is 9.92. The van der Waals surface area contributed by atoms with E-state index in [9.17, 15) is 9.18 Å². The molecule has 3 aromatic rings. The smallest absolute Gasteiger partial charge is 0.269 e. The Bertz CT molecular complexity index is 1230. The molecule has 204 valence electrons. The van der Waals surface area contributed by atoms with Crippen molar-refractivity contribution in [3.63, 3.8) is 0 Å². The highest BCUT2D eigenvalue weighted by Crippen LogP contribution is 2.29. The monoisotopic (exact) mass is 576 g/mol. The SMILES string of the molecule is Cl.Cl.Cl.NC1CCN(CCn2c(=O)cnc3ccc(F)cc32)CC1CNCc1cc2c(cn1)OCCO2. The number of halogens is 4. The minimum Gasteiger partial charge on any atom is -0.486 e. The van der Waals surface area contributed by atoms with Crippen LogP contribution in [0.2, 0.25) is 0 Å². The third-order valence-corrected chi connectivity index (χ3v) is 6.52. The van der Waals surface area contributed by atoms with Crippen molar-refractivity contribution in [2.45, 2.75) is 25.6 Å².